The summed E-state index contributed by atoms with van der Waals surface area (Å²) in [5.41, 5.74) is 6.24. The van der Waals surface area contributed by atoms with Crippen molar-refractivity contribution in [2.24, 2.45) is 0 Å². The van der Waals surface area contributed by atoms with Gasteiger partial charge in [0.15, 0.2) is 6.29 Å². The van der Waals surface area contributed by atoms with Gasteiger partial charge in [-0.05, 0) is 64.2 Å². The zero-order valence-electron chi connectivity index (χ0n) is 24.9. The van der Waals surface area contributed by atoms with Crippen LogP contribution in [0, 0.1) is 0 Å². The van der Waals surface area contributed by atoms with Gasteiger partial charge in [0.05, 0.1) is 18.8 Å². The molecule has 0 radical (unpaired) electrons. The number of nitrogens with one attached hydrogen (secondary N) is 2. The standard InChI is InChI=1S/C35H33Cl3N2O5S/c1-22(42)40-29-12-14-31(15-13-29)46-21-30-18-32(25-10-8-23(20-41)9-11-25)45-33(44-30)28-7-3-6-27(17-28)26-5-2-4-24(16-26)19-39-34(43)35(36,37)38/h2-17,30,32-33,41H,18-21H2,1H3,(H,39,43)(H,40,42)/t30-,32+,33+/m1/s1. The van der Waals surface area contributed by atoms with Crippen LogP contribution in [0.1, 0.15) is 48.0 Å². The summed E-state index contributed by atoms with van der Waals surface area (Å²) >= 11 is 18.7. The van der Waals surface area contributed by atoms with Crippen LogP contribution in [-0.4, -0.2) is 32.6 Å². The Morgan fingerprint density at radius 1 is 0.870 bits per heavy atom. The first kappa shape index (κ1) is 34.3. The van der Waals surface area contributed by atoms with Gasteiger partial charge in [-0.1, -0.05) is 95.5 Å². The summed E-state index contributed by atoms with van der Waals surface area (Å²) < 4.78 is 11.1. The van der Waals surface area contributed by atoms with Gasteiger partial charge < -0.3 is 25.2 Å². The van der Waals surface area contributed by atoms with Crippen LogP contribution in [0.3, 0.4) is 0 Å². The number of hydrogen-bond acceptors (Lipinski definition) is 6. The Kier molecular flexibility index (Phi) is 11.7. The van der Waals surface area contributed by atoms with Crippen molar-refractivity contribution >= 4 is 64.1 Å². The van der Waals surface area contributed by atoms with Gasteiger partial charge in [-0.3, -0.25) is 9.59 Å². The number of amides is 2. The molecule has 3 atom stereocenters. The van der Waals surface area contributed by atoms with Crippen molar-refractivity contribution in [2.45, 2.75) is 53.7 Å². The zero-order valence-corrected chi connectivity index (χ0v) is 28.0. The predicted molar refractivity (Wildman–Crippen MR) is 184 cm³/mol. The molecule has 1 fully saturated rings. The number of carbonyl (C=O) groups is 2. The summed E-state index contributed by atoms with van der Waals surface area (Å²) in [7, 11) is 0. The van der Waals surface area contributed by atoms with Gasteiger partial charge in [-0.2, -0.15) is 0 Å². The van der Waals surface area contributed by atoms with Crippen LogP contribution >= 0.6 is 46.6 Å². The molecule has 0 saturated carbocycles. The largest absolute Gasteiger partial charge is 0.392 e. The Morgan fingerprint density at radius 2 is 1.57 bits per heavy atom. The van der Waals surface area contributed by atoms with Crippen LogP contribution < -0.4 is 10.6 Å². The van der Waals surface area contributed by atoms with Crippen LogP contribution in [0.5, 0.6) is 0 Å². The Hall–Kier alpha value is -3.08. The van der Waals surface area contributed by atoms with Gasteiger partial charge in [0.1, 0.15) is 0 Å². The van der Waals surface area contributed by atoms with E-state index < -0.39 is 16.0 Å². The van der Waals surface area contributed by atoms with E-state index in [-0.39, 0.29) is 31.3 Å². The molecule has 5 rings (SSSR count). The summed E-state index contributed by atoms with van der Waals surface area (Å²) in [6.45, 7) is 1.67. The maximum atomic E-state index is 12.0. The SMILES string of the molecule is CC(=O)Nc1ccc(SC[C@H]2C[C@@H](c3ccc(CO)cc3)O[C@@H](c3cccc(-c4cccc(CNC(=O)C(Cl)(Cl)Cl)c4)c3)O2)cc1. The third kappa shape index (κ3) is 9.48. The molecule has 7 nitrogen and oxygen atoms in total. The molecule has 1 aliphatic heterocycles. The van der Waals surface area contributed by atoms with E-state index in [9.17, 15) is 14.7 Å². The van der Waals surface area contributed by atoms with Crippen LogP contribution in [0.15, 0.2) is 102 Å². The Labute approximate surface area is 287 Å². The summed E-state index contributed by atoms with van der Waals surface area (Å²) in [6.07, 6.45) is -0.286. The van der Waals surface area contributed by atoms with Gasteiger partial charge in [0.25, 0.3) is 9.70 Å². The summed E-state index contributed by atoms with van der Waals surface area (Å²) in [5, 5.41) is 15.0. The molecule has 46 heavy (non-hydrogen) atoms. The van der Waals surface area contributed by atoms with E-state index in [0.717, 1.165) is 44.0 Å². The van der Waals surface area contributed by atoms with Gasteiger partial charge >= 0.3 is 0 Å². The predicted octanol–water partition coefficient (Wildman–Crippen LogP) is 8.13. The fourth-order valence-electron chi connectivity index (χ4n) is 5.06. The van der Waals surface area contributed by atoms with Crippen LogP contribution in [0.25, 0.3) is 11.1 Å². The molecule has 3 N–H and O–H groups in total. The van der Waals surface area contributed by atoms with Crippen molar-refractivity contribution in [1.29, 1.82) is 0 Å². The number of rotatable bonds is 10. The van der Waals surface area contributed by atoms with Crippen molar-refractivity contribution in [3.8, 4) is 11.1 Å². The summed E-state index contributed by atoms with van der Waals surface area (Å²) in [6, 6.07) is 31.3. The number of aliphatic hydroxyl groups is 1. The number of halogens is 3. The topological polar surface area (TPSA) is 96.9 Å². The fourth-order valence-corrected chi connectivity index (χ4v) is 6.18. The first-order valence-electron chi connectivity index (χ1n) is 14.6. The molecule has 0 aliphatic carbocycles. The van der Waals surface area contributed by atoms with Gasteiger partial charge in [0.2, 0.25) is 5.91 Å². The van der Waals surface area contributed by atoms with E-state index in [2.05, 4.69) is 10.6 Å². The molecule has 1 heterocycles. The normalized spacial score (nSPS) is 18.2. The minimum atomic E-state index is -2.03. The monoisotopic (exact) mass is 698 g/mol. The molecule has 0 spiro atoms. The van der Waals surface area contributed by atoms with E-state index in [0.29, 0.717) is 12.2 Å². The molecular formula is C35H33Cl3N2O5S. The minimum Gasteiger partial charge on any atom is -0.392 e. The molecule has 240 valence electrons. The lowest BCUT2D eigenvalue weighted by Gasteiger charge is -2.36. The molecule has 4 aromatic rings. The molecule has 1 aliphatic rings. The van der Waals surface area contributed by atoms with Crippen molar-refractivity contribution in [3.63, 3.8) is 0 Å². The molecule has 4 aromatic carbocycles. The average Bonchev–Trinajstić information content (AvgIpc) is 3.06. The molecule has 0 aromatic heterocycles. The van der Waals surface area contributed by atoms with Crippen LogP contribution in [-0.2, 0) is 32.2 Å². The van der Waals surface area contributed by atoms with Crippen LogP contribution in [0.2, 0.25) is 0 Å². The average molecular weight is 700 g/mol. The molecule has 0 unspecified atom stereocenters. The second-order valence-corrected chi connectivity index (χ2v) is 14.2. The van der Waals surface area contributed by atoms with Crippen molar-refractivity contribution < 1.29 is 24.2 Å². The third-order valence-electron chi connectivity index (χ3n) is 7.36. The Bertz CT molecular complexity index is 1650. The summed E-state index contributed by atoms with van der Waals surface area (Å²) in [4.78, 5) is 24.5. The highest BCUT2D eigenvalue weighted by atomic mass is 35.6. The Morgan fingerprint density at radius 3 is 2.24 bits per heavy atom. The van der Waals surface area contributed by atoms with Crippen molar-refractivity contribution in [1.82, 2.24) is 5.32 Å². The van der Waals surface area contributed by atoms with E-state index in [1.54, 1.807) is 11.8 Å². The second-order valence-electron chi connectivity index (χ2n) is 10.9. The smallest absolute Gasteiger partial charge is 0.272 e. The minimum absolute atomic E-state index is 0.0230. The second kappa shape index (κ2) is 15.7. The number of carbonyl (C=O) groups excluding carboxylic acids is 2. The summed E-state index contributed by atoms with van der Waals surface area (Å²) in [5.74, 6) is -0.0965. The molecule has 11 heteroatoms. The number of anilines is 1. The quantitative estimate of drug-likeness (QED) is 0.114. The highest BCUT2D eigenvalue weighted by Crippen LogP contribution is 2.40. The van der Waals surface area contributed by atoms with E-state index in [4.69, 9.17) is 44.3 Å². The van der Waals surface area contributed by atoms with Gasteiger partial charge in [0, 0.05) is 41.8 Å². The first-order chi connectivity index (χ1) is 22.1. The lowest BCUT2D eigenvalue weighted by molar-refractivity contribution is -0.245. The number of ether oxygens (including phenoxy) is 2. The number of benzene rings is 4. The number of hydrogen-bond donors (Lipinski definition) is 3. The zero-order chi connectivity index (χ0) is 32.7. The fraction of sp³-hybridized carbons (Fsp3) is 0.257. The first-order valence-corrected chi connectivity index (χ1v) is 16.7. The molecule has 1 saturated heterocycles. The number of thioether (sulfide) groups is 1. The lowest BCUT2D eigenvalue weighted by atomic mass is 9.99. The number of aliphatic hydroxyl groups excluding tert-OH is 1. The maximum absolute atomic E-state index is 12.0. The molecule has 2 amide bonds. The van der Waals surface area contributed by atoms with Crippen molar-refractivity contribution in [2.75, 3.05) is 11.1 Å². The van der Waals surface area contributed by atoms with Crippen LogP contribution in [0.4, 0.5) is 5.69 Å². The maximum Gasteiger partial charge on any atom is 0.272 e. The van der Waals surface area contributed by atoms with Crippen molar-refractivity contribution in [3.05, 3.63) is 119 Å². The van der Waals surface area contributed by atoms with Gasteiger partial charge in [-0.25, -0.2) is 0 Å². The van der Waals surface area contributed by atoms with Gasteiger partial charge in [-0.15, -0.1) is 11.8 Å². The highest BCUT2D eigenvalue weighted by Gasteiger charge is 2.33. The molecular weight excluding hydrogens is 667 g/mol. The third-order valence-corrected chi connectivity index (χ3v) is 9.01. The number of alkyl halides is 3. The van der Waals surface area contributed by atoms with E-state index in [1.165, 1.54) is 6.92 Å². The highest BCUT2D eigenvalue weighted by molar-refractivity contribution is 7.99. The lowest BCUT2D eigenvalue weighted by Crippen LogP contribution is -2.33. The Balaban J connectivity index is 1.34. The van der Waals surface area contributed by atoms with E-state index >= 15 is 0 Å². The molecule has 0 bridgehead atoms. The van der Waals surface area contributed by atoms with E-state index in [1.807, 2.05) is 97.1 Å².